The molecule has 8 heteroatoms. The van der Waals surface area contributed by atoms with Crippen LogP contribution in [-0.4, -0.2) is 57.1 Å². The average molecular weight is 434 g/mol. The van der Waals surface area contributed by atoms with Crippen molar-refractivity contribution >= 4 is 15.7 Å². The summed E-state index contributed by atoms with van der Waals surface area (Å²) in [6, 6.07) is 14.2. The third-order valence-electron chi connectivity index (χ3n) is 4.98. The van der Waals surface area contributed by atoms with Crippen LogP contribution in [0.25, 0.3) is 0 Å². The monoisotopic (exact) mass is 433 g/mol. The number of para-hydroxylation sites is 2. The minimum absolute atomic E-state index is 0.0234. The van der Waals surface area contributed by atoms with E-state index in [4.69, 9.17) is 14.2 Å². The van der Waals surface area contributed by atoms with Crippen LogP contribution in [-0.2, 0) is 21.2 Å². The van der Waals surface area contributed by atoms with E-state index in [-0.39, 0.29) is 30.1 Å². The van der Waals surface area contributed by atoms with Crippen LogP contribution in [0, 0.1) is 0 Å². The molecule has 0 aromatic heterocycles. The van der Waals surface area contributed by atoms with Gasteiger partial charge in [-0.05, 0) is 43.2 Å². The average Bonchev–Trinajstić information content (AvgIpc) is 3.11. The minimum Gasteiger partial charge on any atom is -0.494 e. The summed E-state index contributed by atoms with van der Waals surface area (Å²) < 4.78 is 40.4. The molecule has 2 aromatic rings. The van der Waals surface area contributed by atoms with Gasteiger partial charge in [-0.1, -0.05) is 24.3 Å². The van der Waals surface area contributed by atoms with E-state index < -0.39 is 9.84 Å². The molecule has 1 saturated heterocycles. The highest BCUT2D eigenvalue weighted by Crippen LogP contribution is 2.26. The summed E-state index contributed by atoms with van der Waals surface area (Å²) in [5, 5.41) is 0. The fourth-order valence-corrected chi connectivity index (χ4v) is 5.19. The first kappa shape index (κ1) is 22.0. The molecule has 0 aliphatic carbocycles. The van der Waals surface area contributed by atoms with Crippen LogP contribution in [0.3, 0.4) is 0 Å². The Bertz CT molecular complexity index is 958. The van der Waals surface area contributed by atoms with Crippen LogP contribution in [0.15, 0.2) is 48.5 Å². The number of benzene rings is 2. The maximum Gasteiger partial charge on any atom is 0.261 e. The van der Waals surface area contributed by atoms with Crippen molar-refractivity contribution in [2.75, 3.05) is 31.8 Å². The predicted octanol–water partition coefficient (Wildman–Crippen LogP) is 2.69. The van der Waals surface area contributed by atoms with E-state index in [2.05, 4.69) is 0 Å². The highest BCUT2D eigenvalue weighted by molar-refractivity contribution is 7.91. The maximum atomic E-state index is 13.0. The summed E-state index contributed by atoms with van der Waals surface area (Å²) in [7, 11) is -1.60. The molecule has 1 aliphatic heterocycles. The molecule has 0 bridgehead atoms. The Labute approximate surface area is 177 Å². The number of sulfone groups is 1. The molecule has 1 unspecified atom stereocenters. The van der Waals surface area contributed by atoms with E-state index in [0.717, 1.165) is 11.3 Å². The Morgan fingerprint density at radius 1 is 1.07 bits per heavy atom. The van der Waals surface area contributed by atoms with E-state index in [1.165, 1.54) is 7.11 Å². The lowest BCUT2D eigenvalue weighted by molar-refractivity contribution is -0.136. The van der Waals surface area contributed by atoms with Crippen LogP contribution in [0.1, 0.15) is 18.9 Å². The molecule has 1 aliphatic rings. The number of carbonyl (C=O) groups excluding carboxylic acids is 1. The van der Waals surface area contributed by atoms with Gasteiger partial charge in [0.25, 0.3) is 5.91 Å². The zero-order valence-electron chi connectivity index (χ0n) is 17.2. The number of hydrogen-bond acceptors (Lipinski definition) is 6. The molecule has 0 radical (unpaired) electrons. The van der Waals surface area contributed by atoms with Gasteiger partial charge in [0, 0.05) is 12.6 Å². The highest BCUT2D eigenvalue weighted by atomic mass is 32.2. The summed E-state index contributed by atoms with van der Waals surface area (Å²) in [6.45, 7) is 2.59. The zero-order chi connectivity index (χ0) is 21.6. The van der Waals surface area contributed by atoms with Gasteiger partial charge in [-0.25, -0.2) is 8.42 Å². The van der Waals surface area contributed by atoms with Crippen LogP contribution < -0.4 is 14.2 Å². The lowest BCUT2D eigenvalue weighted by Crippen LogP contribution is -2.43. The summed E-state index contributed by atoms with van der Waals surface area (Å²) in [4.78, 5) is 14.6. The Morgan fingerprint density at radius 3 is 2.37 bits per heavy atom. The zero-order valence-corrected chi connectivity index (χ0v) is 18.1. The molecule has 30 heavy (non-hydrogen) atoms. The Balaban J connectivity index is 1.74. The van der Waals surface area contributed by atoms with E-state index >= 15 is 0 Å². The molecular weight excluding hydrogens is 406 g/mol. The van der Waals surface area contributed by atoms with Crippen LogP contribution in [0.4, 0.5) is 0 Å². The first-order chi connectivity index (χ1) is 14.4. The second-order valence-corrected chi connectivity index (χ2v) is 9.32. The quantitative estimate of drug-likeness (QED) is 0.605. The fourth-order valence-electron chi connectivity index (χ4n) is 3.46. The molecule has 0 N–H and O–H groups in total. The van der Waals surface area contributed by atoms with Gasteiger partial charge in [-0.3, -0.25) is 4.79 Å². The normalized spacial score (nSPS) is 17.3. The molecule has 0 spiro atoms. The van der Waals surface area contributed by atoms with Crippen LogP contribution in [0.2, 0.25) is 0 Å². The van der Waals surface area contributed by atoms with Crippen molar-refractivity contribution < 1.29 is 27.4 Å². The summed E-state index contributed by atoms with van der Waals surface area (Å²) in [5.74, 6) is 1.56. The van der Waals surface area contributed by atoms with Gasteiger partial charge >= 0.3 is 0 Å². The molecule has 162 valence electrons. The molecule has 2 aromatic carbocycles. The van der Waals surface area contributed by atoms with Gasteiger partial charge < -0.3 is 19.1 Å². The van der Waals surface area contributed by atoms with E-state index in [0.29, 0.717) is 31.1 Å². The van der Waals surface area contributed by atoms with Crippen molar-refractivity contribution in [1.29, 1.82) is 0 Å². The van der Waals surface area contributed by atoms with Crippen molar-refractivity contribution in [2.45, 2.75) is 25.9 Å². The Kier molecular flexibility index (Phi) is 7.20. The number of nitrogens with zero attached hydrogens (tertiary/aromatic N) is 1. The smallest absolute Gasteiger partial charge is 0.261 e. The molecule has 7 nitrogen and oxygen atoms in total. The second kappa shape index (κ2) is 9.84. The standard InChI is InChI=1S/C22H27NO6S/c1-3-28-19-10-8-17(9-11-19)14-23(18-12-13-30(25,26)16-18)22(24)15-29-21-7-5-4-6-20(21)27-2/h4-11,18H,3,12-16H2,1-2H3. The summed E-state index contributed by atoms with van der Waals surface area (Å²) in [6.07, 6.45) is 0.430. The lowest BCUT2D eigenvalue weighted by Gasteiger charge is -2.28. The summed E-state index contributed by atoms with van der Waals surface area (Å²) >= 11 is 0. The maximum absolute atomic E-state index is 13.0. The molecule has 1 atom stereocenters. The van der Waals surface area contributed by atoms with Crippen molar-refractivity contribution in [3.8, 4) is 17.2 Å². The van der Waals surface area contributed by atoms with Crippen LogP contribution >= 0.6 is 0 Å². The molecule has 1 heterocycles. The van der Waals surface area contributed by atoms with Crippen LogP contribution in [0.5, 0.6) is 17.2 Å². The Morgan fingerprint density at radius 2 is 1.77 bits per heavy atom. The molecular formula is C22H27NO6S. The Hall–Kier alpha value is -2.74. The first-order valence-electron chi connectivity index (χ1n) is 9.89. The van der Waals surface area contributed by atoms with Crippen molar-refractivity contribution in [3.05, 3.63) is 54.1 Å². The first-order valence-corrected chi connectivity index (χ1v) is 11.7. The molecule has 3 rings (SSSR count). The third kappa shape index (κ3) is 5.66. The SMILES string of the molecule is CCOc1ccc(CN(C(=O)COc2ccccc2OC)C2CCS(=O)(=O)C2)cc1. The molecule has 0 saturated carbocycles. The van der Waals surface area contributed by atoms with Gasteiger partial charge in [0.15, 0.2) is 27.9 Å². The van der Waals surface area contributed by atoms with Gasteiger partial charge in [-0.2, -0.15) is 0 Å². The molecule has 1 amide bonds. The molecule has 1 fully saturated rings. The highest BCUT2D eigenvalue weighted by Gasteiger charge is 2.34. The number of methoxy groups -OCH3 is 1. The summed E-state index contributed by atoms with van der Waals surface area (Å²) in [5.41, 5.74) is 0.897. The van der Waals surface area contributed by atoms with E-state index in [1.54, 1.807) is 23.1 Å². The predicted molar refractivity (Wildman–Crippen MR) is 114 cm³/mol. The van der Waals surface area contributed by atoms with Gasteiger partial charge in [0.2, 0.25) is 0 Å². The third-order valence-corrected chi connectivity index (χ3v) is 6.73. The van der Waals surface area contributed by atoms with Crippen molar-refractivity contribution in [3.63, 3.8) is 0 Å². The number of hydrogen-bond donors (Lipinski definition) is 0. The topological polar surface area (TPSA) is 82.1 Å². The largest absolute Gasteiger partial charge is 0.494 e. The van der Waals surface area contributed by atoms with E-state index in [9.17, 15) is 13.2 Å². The number of carbonyl (C=O) groups is 1. The lowest BCUT2D eigenvalue weighted by atomic mass is 10.1. The number of amides is 1. The fraction of sp³-hybridized carbons (Fsp3) is 0.409. The minimum atomic E-state index is -3.13. The number of rotatable bonds is 9. The van der Waals surface area contributed by atoms with Crippen molar-refractivity contribution in [2.24, 2.45) is 0 Å². The van der Waals surface area contributed by atoms with Gasteiger partial charge in [-0.15, -0.1) is 0 Å². The van der Waals surface area contributed by atoms with Crippen molar-refractivity contribution in [1.82, 2.24) is 4.90 Å². The second-order valence-electron chi connectivity index (χ2n) is 7.09. The number of ether oxygens (including phenoxy) is 3. The van der Waals surface area contributed by atoms with Gasteiger partial charge in [0.1, 0.15) is 5.75 Å². The van der Waals surface area contributed by atoms with Gasteiger partial charge in [0.05, 0.1) is 25.2 Å². The van der Waals surface area contributed by atoms with E-state index in [1.807, 2.05) is 37.3 Å².